The highest BCUT2D eigenvalue weighted by atomic mass is 79.9. The van der Waals surface area contributed by atoms with Crippen LogP contribution < -0.4 is 0 Å². The zero-order valence-electron chi connectivity index (χ0n) is 9.82. The van der Waals surface area contributed by atoms with E-state index in [-0.39, 0.29) is 17.5 Å². The molecular weight excluding hydrogens is 332 g/mol. The van der Waals surface area contributed by atoms with E-state index in [0.717, 1.165) is 8.66 Å². The summed E-state index contributed by atoms with van der Waals surface area (Å²) in [5, 5.41) is 0. The Kier molecular flexibility index (Phi) is 3.50. The lowest BCUT2D eigenvalue weighted by Crippen LogP contribution is -2.08. The second kappa shape index (κ2) is 5.13. The van der Waals surface area contributed by atoms with E-state index in [0.29, 0.717) is 6.42 Å². The summed E-state index contributed by atoms with van der Waals surface area (Å²) in [6.07, 6.45) is 2.33. The first-order chi connectivity index (χ1) is 9.16. The number of halogens is 3. The Morgan fingerprint density at radius 1 is 1.16 bits per heavy atom. The molecular formula is C14H10BrF2NS. The maximum atomic E-state index is 13.9. The van der Waals surface area contributed by atoms with Gasteiger partial charge < -0.3 is 0 Å². The minimum Gasteiger partial charge on any atom is -0.288 e. The minimum atomic E-state index is -0.490. The summed E-state index contributed by atoms with van der Waals surface area (Å²) in [4.78, 5) is 5.41. The van der Waals surface area contributed by atoms with Gasteiger partial charge in [-0.2, -0.15) is 0 Å². The van der Waals surface area contributed by atoms with E-state index in [1.807, 2.05) is 12.1 Å². The molecule has 98 valence electrons. The SMILES string of the molecule is Fc1cccc(F)c1C1CC=NC1c1ccc(Br)s1. The molecule has 0 spiro atoms. The second-order valence-corrected chi connectivity index (χ2v) is 6.89. The Balaban J connectivity index is 2.01. The summed E-state index contributed by atoms with van der Waals surface area (Å²) in [5.74, 6) is -1.24. The molecule has 3 rings (SSSR count). The Hall–Kier alpha value is -1.07. The zero-order chi connectivity index (χ0) is 13.4. The van der Waals surface area contributed by atoms with Crippen molar-refractivity contribution in [3.05, 3.63) is 56.2 Å². The van der Waals surface area contributed by atoms with Crippen LogP contribution in [0.25, 0.3) is 0 Å². The molecule has 5 heteroatoms. The van der Waals surface area contributed by atoms with Crippen LogP contribution in [0.5, 0.6) is 0 Å². The van der Waals surface area contributed by atoms with Crippen LogP contribution in [-0.4, -0.2) is 6.21 Å². The fourth-order valence-corrected chi connectivity index (χ4v) is 3.96. The Labute approximate surface area is 122 Å². The van der Waals surface area contributed by atoms with Crippen LogP contribution in [0.3, 0.4) is 0 Å². The van der Waals surface area contributed by atoms with Crippen LogP contribution in [0.4, 0.5) is 8.78 Å². The second-order valence-electron chi connectivity index (χ2n) is 4.40. The van der Waals surface area contributed by atoms with Crippen molar-refractivity contribution in [1.82, 2.24) is 0 Å². The predicted molar refractivity (Wildman–Crippen MR) is 77.0 cm³/mol. The molecule has 19 heavy (non-hydrogen) atoms. The zero-order valence-corrected chi connectivity index (χ0v) is 12.2. The molecule has 2 unspecified atom stereocenters. The molecule has 0 fully saturated rings. The molecule has 1 aliphatic rings. The lowest BCUT2D eigenvalue weighted by Gasteiger charge is -2.18. The molecule has 0 radical (unpaired) electrons. The van der Waals surface area contributed by atoms with E-state index in [2.05, 4.69) is 20.9 Å². The van der Waals surface area contributed by atoms with Crippen LogP contribution in [0.2, 0.25) is 0 Å². The number of hydrogen-bond donors (Lipinski definition) is 0. The molecule has 0 aliphatic carbocycles. The number of benzene rings is 1. The molecule has 2 atom stereocenters. The topological polar surface area (TPSA) is 12.4 Å². The Bertz CT molecular complexity index is 618. The van der Waals surface area contributed by atoms with Crippen molar-refractivity contribution >= 4 is 33.5 Å². The maximum absolute atomic E-state index is 13.9. The van der Waals surface area contributed by atoms with Crippen LogP contribution in [0.1, 0.15) is 28.8 Å². The van der Waals surface area contributed by atoms with Gasteiger partial charge in [0.15, 0.2) is 0 Å². The highest BCUT2D eigenvalue weighted by Gasteiger charge is 2.32. The maximum Gasteiger partial charge on any atom is 0.129 e. The standard InChI is InChI=1S/C14H10BrF2NS/c15-12-5-4-11(19-12)14-8(6-7-18-14)13-9(16)2-1-3-10(13)17/h1-5,7-8,14H,6H2. The van der Waals surface area contributed by atoms with Crippen molar-refractivity contribution < 1.29 is 8.78 Å². The third kappa shape index (κ3) is 2.37. The van der Waals surface area contributed by atoms with Gasteiger partial charge in [0.1, 0.15) is 11.6 Å². The number of nitrogens with zero attached hydrogens (tertiary/aromatic N) is 1. The average Bonchev–Trinajstić information content (AvgIpc) is 2.97. The van der Waals surface area contributed by atoms with Gasteiger partial charge in [-0.05, 0) is 46.6 Å². The van der Waals surface area contributed by atoms with E-state index in [4.69, 9.17) is 0 Å². The molecule has 1 aromatic heterocycles. The van der Waals surface area contributed by atoms with Crippen LogP contribution >= 0.6 is 27.3 Å². The lowest BCUT2D eigenvalue weighted by atomic mass is 9.90. The summed E-state index contributed by atoms with van der Waals surface area (Å²) < 4.78 is 28.8. The van der Waals surface area contributed by atoms with Crippen molar-refractivity contribution in [2.75, 3.05) is 0 Å². The molecule has 0 N–H and O–H groups in total. The van der Waals surface area contributed by atoms with Crippen molar-refractivity contribution in [2.24, 2.45) is 4.99 Å². The molecule has 0 saturated carbocycles. The third-order valence-electron chi connectivity index (χ3n) is 3.26. The smallest absolute Gasteiger partial charge is 0.129 e. The predicted octanol–water partition coefficient (Wildman–Crippen LogP) is 5.09. The van der Waals surface area contributed by atoms with E-state index in [1.54, 1.807) is 17.6 Å². The average molecular weight is 342 g/mol. The highest BCUT2D eigenvalue weighted by molar-refractivity contribution is 9.11. The summed E-state index contributed by atoms with van der Waals surface area (Å²) >= 11 is 4.96. The molecule has 1 aromatic carbocycles. The fraction of sp³-hybridized carbons (Fsp3) is 0.214. The fourth-order valence-electron chi connectivity index (χ4n) is 2.42. The van der Waals surface area contributed by atoms with Gasteiger partial charge in [-0.15, -0.1) is 11.3 Å². The normalized spacial score (nSPS) is 22.1. The monoisotopic (exact) mass is 341 g/mol. The number of hydrogen-bond acceptors (Lipinski definition) is 2. The molecule has 0 amide bonds. The highest BCUT2D eigenvalue weighted by Crippen LogP contribution is 2.44. The Morgan fingerprint density at radius 3 is 2.53 bits per heavy atom. The van der Waals surface area contributed by atoms with Crippen LogP contribution in [0.15, 0.2) is 39.1 Å². The van der Waals surface area contributed by atoms with E-state index >= 15 is 0 Å². The first-order valence-electron chi connectivity index (χ1n) is 5.87. The first kappa shape index (κ1) is 12.9. The van der Waals surface area contributed by atoms with Gasteiger partial charge in [-0.25, -0.2) is 8.78 Å². The lowest BCUT2D eigenvalue weighted by molar-refractivity contribution is 0.504. The number of thiophene rings is 1. The summed E-state index contributed by atoms with van der Waals surface area (Å²) in [7, 11) is 0. The van der Waals surface area contributed by atoms with E-state index < -0.39 is 11.6 Å². The molecule has 2 heterocycles. The van der Waals surface area contributed by atoms with E-state index in [9.17, 15) is 8.78 Å². The van der Waals surface area contributed by atoms with Gasteiger partial charge in [0, 0.05) is 22.6 Å². The Morgan fingerprint density at radius 2 is 1.89 bits per heavy atom. The minimum absolute atomic E-state index is 0.148. The van der Waals surface area contributed by atoms with Crippen molar-refractivity contribution in [3.8, 4) is 0 Å². The van der Waals surface area contributed by atoms with Crippen LogP contribution in [0, 0.1) is 11.6 Å². The molecule has 0 bridgehead atoms. The van der Waals surface area contributed by atoms with Gasteiger partial charge in [-0.3, -0.25) is 4.99 Å². The van der Waals surface area contributed by atoms with Gasteiger partial charge in [0.25, 0.3) is 0 Å². The molecule has 2 aromatic rings. The molecule has 1 nitrogen and oxygen atoms in total. The third-order valence-corrected chi connectivity index (χ3v) is 4.96. The number of rotatable bonds is 2. The van der Waals surface area contributed by atoms with Gasteiger partial charge in [0.2, 0.25) is 0 Å². The molecule has 1 aliphatic heterocycles. The summed E-state index contributed by atoms with van der Waals surface area (Å²) in [6, 6.07) is 7.69. The van der Waals surface area contributed by atoms with Crippen molar-refractivity contribution in [1.29, 1.82) is 0 Å². The summed E-state index contributed by atoms with van der Waals surface area (Å²) in [6.45, 7) is 0. The van der Waals surface area contributed by atoms with Gasteiger partial charge in [0.05, 0.1) is 9.83 Å². The number of aliphatic imine (C=N–C) groups is 1. The quantitative estimate of drug-likeness (QED) is 0.721. The van der Waals surface area contributed by atoms with Crippen molar-refractivity contribution in [2.45, 2.75) is 18.4 Å². The van der Waals surface area contributed by atoms with Crippen LogP contribution in [-0.2, 0) is 0 Å². The van der Waals surface area contributed by atoms with E-state index in [1.165, 1.54) is 18.2 Å². The summed E-state index contributed by atoms with van der Waals surface area (Å²) in [5.41, 5.74) is 0.148. The first-order valence-corrected chi connectivity index (χ1v) is 7.48. The molecule has 0 saturated heterocycles. The van der Waals surface area contributed by atoms with Gasteiger partial charge >= 0.3 is 0 Å². The van der Waals surface area contributed by atoms with Gasteiger partial charge in [-0.1, -0.05) is 6.07 Å². The van der Waals surface area contributed by atoms with Crippen molar-refractivity contribution in [3.63, 3.8) is 0 Å². The largest absolute Gasteiger partial charge is 0.288 e.